The Labute approximate surface area is 148 Å². The summed E-state index contributed by atoms with van der Waals surface area (Å²) in [6.07, 6.45) is 4.46. The number of halogens is 2. The van der Waals surface area contributed by atoms with Crippen LogP contribution in [-0.4, -0.2) is 29.5 Å². The summed E-state index contributed by atoms with van der Waals surface area (Å²) in [5.74, 6) is 1.29. The smallest absolute Gasteiger partial charge is 0.112 e. The first kappa shape index (κ1) is 20.5. The van der Waals surface area contributed by atoms with Crippen molar-refractivity contribution in [2.75, 3.05) is 13.1 Å². The SMILES string of the molecule is CCNC1CC(C(C)CC)(C(C)CC)CC(Cl)(NCC)C1Cl. The molecule has 0 bridgehead atoms. The van der Waals surface area contributed by atoms with Crippen molar-refractivity contribution < 1.29 is 0 Å². The molecule has 0 aromatic rings. The van der Waals surface area contributed by atoms with E-state index in [1.807, 2.05) is 0 Å². The molecule has 5 unspecified atom stereocenters. The van der Waals surface area contributed by atoms with Gasteiger partial charge in [0.2, 0.25) is 0 Å². The Kier molecular flexibility index (Phi) is 7.99. The number of alkyl halides is 2. The zero-order chi connectivity index (χ0) is 17.0. The van der Waals surface area contributed by atoms with Crippen molar-refractivity contribution in [3.05, 3.63) is 0 Å². The molecule has 0 aromatic carbocycles. The van der Waals surface area contributed by atoms with Crippen molar-refractivity contribution in [3.8, 4) is 0 Å². The number of hydrogen-bond donors (Lipinski definition) is 2. The fourth-order valence-electron chi connectivity index (χ4n) is 4.42. The summed E-state index contributed by atoms with van der Waals surface area (Å²) in [4.78, 5) is -0.520. The fraction of sp³-hybridized carbons (Fsp3) is 1.00. The second kappa shape index (κ2) is 8.55. The highest BCUT2D eigenvalue weighted by Gasteiger charge is 2.55. The van der Waals surface area contributed by atoms with Gasteiger partial charge in [-0.05, 0) is 43.2 Å². The predicted octanol–water partition coefficient (Wildman–Crippen LogP) is 4.99. The second-order valence-electron chi connectivity index (χ2n) is 7.19. The van der Waals surface area contributed by atoms with E-state index in [9.17, 15) is 0 Å². The second-order valence-corrected chi connectivity index (χ2v) is 8.34. The molecule has 0 saturated heterocycles. The van der Waals surface area contributed by atoms with Gasteiger partial charge in [0.1, 0.15) is 5.00 Å². The third kappa shape index (κ3) is 3.94. The first-order chi connectivity index (χ1) is 10.3. The molecule has 1 fully saturated rings. The van der Waals surface area contributed by atoms with E-state index in [4.69, 9.17) is 23.2 Å². The molecular weight excluding hydrogens is 315 g/mol. The molecule has 5 atom stereocenters. The highest BCUT2D eigenvalue weighted by Crippen LogP contribution is 2.55. The maximum atomic E-state index is 7.06. The van der Waals surface area contributed by atoms with E-state index in [1.165, 1.54) is 12.8 Å². The van der Waals surface area contributed by atoms with E-state index in [-0.39, 0.29) is 16.8 Å². The molecule has 2 N–H and O–H groups in total. The normalized spacial score (nSPS) is 38.7. The van der Waals surface area contributed by atoms with E-state index in [0.29, 0.717) is 11.8 Å². The molecule has 1 aliphatic carbocycles. The van der Waals surface area contributed by atoms with Gasteiger partial charge < -0.3 is 5.32 Å². The van der Waals surface area contributed by atoms with Gasteiger partial charge >= 0.3 is 0 Å². The monoisotopic (exact) mass is 350 g/mol. The minimum Gasteiger partial charge on any atom is -0.313 e. The van der Waals surface area contributed by atoms with Crippen molar-refractivity contribution in [3.63, 3.8) is 0 Å². The van der Waals surface area contributed by atoms with E-state index in [0.717, 1.165) is 25.9 Å². The van der Waals surface area contributed by atoms with Gasteiger partial charge in [-0.2, -0.15) is 0 Å². The lowest BCUT2D eigenvalue weighted by atomic mass is 9.56. The highest BCUT2D eigenvalue weighted by molar-refractivity contribution is 6.32. The Hall–Kier alpha value is 0.500. The quantitative estimate of drug-likeness (QED) is 0.476. The van der Waals surface area contributed by atoms with Gasteiger partial charge in [0.05, 0.1) is 5.38 Å². The zero-order valence-corrected chi connectivity index (χ0v) is 16.8. The summed E-state index contributed by atoms with van der Waals surface area (Å²) in [7, 11) is 0. The van der Waals surface area contributed by atoms with Gasteiger partial charge in [-0.25, -0.2) is 0 Å². The van der Waals surface area contributed by atoms with Crippen LogP contribution in [0, 0.1) is 17.3 Å². The van der Waals surface area contributed by atoms with Crippen LogP contribution in [0.5, 0.6) is 0 Å². The molecule has 0 amide bonds. The van der Waals surface area contributed by atoms with Gasteiger partial charge in [0.25, 0.3) is 0 Å². The minimum atomic E-state index is -0.520. The highest BCUT2D eigenvalue weighted by atomic mass is 35.5. The van der Waals surface area contributed by atoms with Crippen LogP contribution in [0.1, 0.15) is 67.2 Å². The zero-order valence-electron chi connectivity index (χ0n) is 15.3. The topological polar surface area (TPSA) is 24.1 Å². The molecule has 22 heavy (non-hydrogen) atoms. The molecule has 0 aromatic heterocycles. The van der Waals surface area contributed by atoms with Crippen LogP contribution in [0.25, 0.3) is 0 Å². The third-order valence-corrected chi connectivity index (χ3v) is 7.39. The van der Waals surface area contributed by atoms with Crippen LogP contribution < -0.4 is 10.6 Å². The van der Waals surface area contributed by atoms with Crippen molar-refractivity contribution in [1.82, 2.24) is 10.6 Å². The summed E-state index contributed by atoms with van der Waals surface area (Å²) in [6.45, 7) is 15.4. The summed E-state index contributed by atoms with van der Waals surface area (Å²) >= 11 is 13.9. The average Bonchev–Trinajstić information content (AvgIpc) is 2.50. The van der Waals surface area contributed by atoms with Crippen LogP contribution in [0.3, 0.4) is 0 Å². The Morgan fingerprint density at radius 1 is 1.05 bits per heavy atom. The number of hydrogen-bond acceptors (Lipinski definition) is 2. The van der Waals surface area contributed by atoms with Gasteiger partial charge in [-0.3, -0.25) is 5.32 Å². The predicted molar refractivity (Wildman–Crippen MR) is 99.9 cm³/mol. The Bertz CT molecular complexity index is 327. The average molecular weight is 351 g/mol. The minimum absolute atomic E-state index is 0.0877. The lowest BCUT2D eigenvalue weighted by molar-refractivity contribution is -0.000996. The molecule has 2 nitrogen and oxygen atoms in total. The molecular formula is C18H36Cl2N2. The van der Waals surface area contributed by atoms with Gasteiger partial charge in [-0.15, -0.1) is 23.2 Å². The lowest BCUT2D eigenvalue weighted by Gasteiger charge is -2.56. The van der Waals surface area contributed by atoms with Gasteiger partial charge in [-0.1, -0.05) is 54.4 Å². The molecule has 1 saturated carbocycles. The maximum absolute atomic E-state index is 7.06. The molecule has 1 aliphatic rings. The van der Waals surface area contributed by atoms with Gasteiger partial charge in [0.15, 0.2) is 0 Å². The first-order valence-corrected chi connectivity index (χ1v) is 9.94. The van der Waals surface area contributed by atoms with E-state index < -0.39 is 5.00 Å². The van der Waals surface area contributed by atoms with Crippen molar-refractivity contribution in [2.45, 2.75) is 83.6 Å². The number of nitrogens with one attached hydrogen (secondary N) is 2. The van der Waals surface area contributed by atoms with Crippen molar-refractivity contribution in [1.29, 1.82) is 0 Å². The van der Waals surface area contributed by atoms with Crippen LogP contribution in [0.4, 0.5) is 0 Å². The molecule has 0 aliphatic heterocycles. The Morgan fingerprint density at radius 2 is 1.59 bits per heavy atom. The molecule has 0 spiro atoms. The van der Waals surface area contributed by atoms with E-state index >= 15 is 0 Å². The summed E-state index contributed by atoms with van der Waals surface area (Å²) in [5, 5.41) is 7.02. The standard InChI is InChI=1S/C18H36Cl2N2/c1-7-13(5)17(14(6)8-2)11-15(21-9-3)16(19)18(20,12-17)22-10-4/h13-16,21-22H,7-12H2,1-6H3. The molecule has 0 heterocycles. The van der Waals surface area contributed by atoms with Crippen molar-refractivity contribution >= 4 is 23.2 Å². The molecule has 132 valence electrons. The van der Waals surface area contributed by atoms with Crippen LogP contribution in [0.2, 0.25) is 0 Å². The number of rotatable bonds is 8. The van der Waals surface area contributed by atoms with Gasteiger partial charge in [0, 0.05) is 6.04 Å². The third-order valence-electron chi connectivity index (χ3n) is 6.10. The molecule has 1 rings (SSSR count). The largest absolute Gasteiger partial charge is 0.313 e. The van der Waals surface area contributed by atoms with E-state index in [2.05, 4.69) is 52.2 Å². The maximum Gasteiger partial charge on any atom is 0.112 e. The van der Waals surface area contributed by atoms with E-state index in [1.54, 1.807) is 0 Å². The summed E-state index contributed by atoms with van der Waals surface area (Å²) < 4.78 is 0. The first-order valence-electron chi connectivity index (χ1n) is 9.12. The Balaban J connectivity index is 3.25. The summed E-state index contributed by atoms with van der Waals surface area (Å²) in [5.41, 5.74) is 0.242. The Morgan fingerprint density at radius 3 is 2.00 bits per heavy atom. The molecule has 4 heteroatoms. The van der Waals surface area contributed by atoms with Crippen molar-refractivity contribution in [2.24, 2.45) is 17.3 Å². The fourth-order valence-corrected chi connectivity index (χ4v) is 5.29. The lowest BCUT2D eigenvalue weighted by Crippen LogP contribution is -2.65. The van der Waals surface area contributed by atoms with Crippen LogP contribution in [-0.2, 0) is 0 Å². The molecule has 0 radical (unpaired) electrons. The van der Waals surface area contributed by atoms with Crippen LogP contribution >= 0.6 is 23.2 Å². The summed E-state index contributed by atoms with van der Waals surface area (Å²) in [6, 6.07) is 0.264. The van der Waals surface area contributed by atoms with Crippen LogP contribution in [0.15, 0.2) is 0 Å².